The predicted octanol–water partition coefficient (Wildman–Crippen LogP) is 11.0. The second-order valence-electron chi connectivity index (χ2n) is 12.1. The number of rotatable bonds is 8. The second-order valence-corrected chi connectivity index (χ2v) is 14.6. The number of hydrogen-bond acceptors (Lipinski definition) is 0. The van der Waals surface area contributed by atoms with Crippen LogP contribution in [-0.4, -0.2) is 0 Å². The van der Waals surface area contributed by atoms with Crippen LogP contribution in [0.3, 0.4) is 0 Å². The summed E-state index contributed by atoms with van der Waals surface area (Å²) in [4.78, 5) is 0. The molecule has 0 radical (unpaired) electrons. The summed E-state index contributed by atoms with van der Waals surface area (Å²) in [6.07, 6.45) is 8.99. The molecule has 0 amide bonds. The highest BCUT2D eigenvalue weighted by Crippen LogP contribution is 2.43. The van der Waals surface area contributed by atoms with Crippen LogP contribution in [0.5, 0.6) is 0 Å². The van der Waals surface area contributed by atoms with E-state index in [9.17, 15) is 0 Å². The van der Waals surface area contributed by atoms with Crippen LogP contribution in [0.1, 0.15) is 60.3 Å². The normalized spacial score (nSPS) is 14.5. The summed E-state index contributed by atoms with van der Waals surface area (Å²) in [5, 5.41) is 8.45. The molecule has 0 aliphatic heterocycles. The van der Waals surface area contributed by atoms with E-state index in [1.165, 1.54) is 86.8 Å². The summed E-state index contributed by atoms with van der Waals surface area (Å²) in [5.74, 6) is 0.737. The van der Waals surface area contributed by atoms with Crippen molar-refractivity contribution in [1.82, 2.24) is 0 Å². The van der Waals surface area contributed by atoms with Gasteiger partial charge < -0.3 is 0 Å². The van der Waals surface area contributed by atoms with Crippen LogP contribution in [0.25, 0.3) is 32.7 Å². The highest BCUT2D eigenvalue weighted by atomic mass is 31.1. The summed E-state index contributed by atoms with van der Waals surface area (Å²) in [6, 6.07) is 45.8. The first kappa shape index (κ1) is 28.5. The van der Waals surface area contributed by atoms with E-state index < -0.39 is 0 Å². The molecular formula is C41H40P2. The third-order valence-corrected chi connectivity index (χ3v) is 12.3. The lowest BCUT2D eigenvalue weighted by Gasteiger charge is -2.25. The summed E-state index contributed by atoms with van der Waals surface area (Å²) in [6.45, 7) is 2.25. The zero-order chi connectivity index (χ0) is 29.0. The Morgan fingerprint density at radius 1 is 0.512 bits per heavy atom. The number of aryl methyl sites for hydroxylation is 1. The van der Waals surface area contributed by atoms with Gasteiger partial charge in [-0.25, -0.2) is 0 Å². The molecule has 0 bridgehead atoms. The van der Waals surface area contributed by atoms with Crippen molar-refractivity contribution in [3.05, 3.63) is 144 Å². The zero-order valence-corrected chi connectivity index (χ0v) is 27.1. The summed E-state index contributed by atoms with van der Waals surface area (Å²) >= 11 is 0. The van der Waals surface area contributed by atoms with Crippen LogP contribution >= 0.6 is 17.2 Å². The minimum atomic E-state index is 0.737. The maximum atomic E-state index is 2.43. The Balaban J connectivity index is 1.34. The molecule has 2 unspecified atom stereocenters. The molecule has 214 valence electrons. The van der Waals surface area contributed by atoms with E-state index >= 15 is 0 Å². The van der Waals surface area contributed by atoms with Gasteiger partial charge in [0, 0.05) is 0 Å². The first-order valence-corrected chi connectivity index (χ1v) is 18.3. The molecule has 0 nitrogen and oxygen atoms in total. The lowest BCUT2D eigenvalue weighted by Crippen LogP contribution is -2.13. The molecule has 1 saturated carbocycles. The molecule has 1 fully saturated rings. The first-order valence-electron chi connectivity index (χ1n) is 15.9. The minimum Gasteiger partial charge on any atom is -0.0856 e. The van der Waals surface area contributed by atoms with Crippen molar-refractivity contribution in [3.8, 4) is 11.1 Å². The van der Waals surface area contributed by atoms with Crippen molar-refractivity contribution in [2.24, 2.45) is 0 Å². The van der Waals surface area contributed by atoms with Crippen molar-refractivity contribution >= 4 is 49.3 Å². The van der Waals surface area contributed by atoms with Crippen molar-refractivity contribution in [3.63, 3.8) is 0 Å². The Hall–Kier alpha value is -3.30. The molecule has 1 aliphatic rings. The van der Waals surface area contributed by atoms with Gasteiger partial charge in [0.15, 0.2) is 0 Å². The maximum Gasteiger partial charge on any atom is -0.00537 e. The molecule has 1 aliphatic carbocycles. The van der Waals surface area contributed by atoms with Crippen LogP contribution in [0.4, 0.5) is 0 Å². The van der Waals surface area contributed by atoms with Gasteiger partial charge in [0.2, 0.25) is 0 Å². The molecule has 6 aromatic carbocycles. The Morgan fingerprint density at radius 3 is 1.65 bits per heavy atom. The Kier molecular flexibility index (Phi) is 8.70. The van der Waals surface area contributed by atoms with E-state index in [0.29, 0.717) is 0 Å². The molecule has 43 heavy (non-hydrogen) atoms. The molecule has 7 rings (SSSR count). The van der Waals surface area contributed by atoms with Crippen LogP contribution in [0.2, 0.25) is 0 Å². The van der Waals surface area contributed by atoms with Gasteiger partial charge >= 0.3 is 0 Å². The first-order chi connectivity index (χ1) is 21.3. The average Bonchev–Trinajstić information content (AvgIpc) is 3.07. The van der Waals surface area contributed by atoms with Gasteiger partial charge in [0.1, 0.15) is 0 Å². The third-order valence-electron chi connectivity index (χ3n) is 9.37. The zero-order valence-electron chi connectivity index (χ0n) is 25.1. The largest absolute Gasteiger partial charge is 0.0856 e. The highest BCUT2D eigenvalue weighted by molar-refractivity contribution is 7.46. The van der Waals surface area contributed by atoms with Gasteiger partial charge in [-0.3, -0.25) is 0 Å². The van der Waals surface area contributed by atoms with Gasteiger partial charge in [-0.2, -0.15) is 0 Å². The Labute approximate surface area is 260 Å². The number of fused-ring (bicyclic) bond motifs is 2. The van der Waals surface area contributed by atoms with Gasteiger partial charge in [0.25, 0.3) is 0 Å². The minimum absolute atomic E-state index is 0.737. The highest BCUT2D eigenvalue weighted by Gasteiger charge is 2.20. The molecule has 0 heterocycles. The summed E-state index contributed by atoms with van der Waals surface area (Å²) in [7, 11) is 1.52. The van der Waals surface area contributed by atoms with Crippen molar-refractivity contribution in [2.75, 3.05) is 0 Å². The maximum absolute atomic E-state index is 2.43. The number of hydrogen-bond donors (Lipinski definition) is 0. The van der Waals surface area contributed by atoms with E-state index in [1.54, 1.807) is 10.9 Å². The smallest absolute Gasteiger partial charge is 0.00537 e. The Morgan fingerprint density at radius 2 is 1.02 bits per heavy atom. The van der Waals surface area contributed by atoms with E-state index in [0.717, 1.165) is 35.4 Å². The van der Waals surface area contributed by atoms with Crippen LogP contribution < -0.4 is 10.6 Å². The molecule has 0 saturated heterocycles. The average molecular weight is 595 g/mol. The van der Waals surface area contributed by atoms with Gasteiger partial charge in [0.05, 0.1) is 0 Å². The molecule has 2 atom stereocenters. The van der Waals surface area contributed by atoms with Crippen LogP contribution in [0.15, 0.2) is 121 Å². The fourth-order valence-corrected chi connectivity index (χ4v) is 9.73. The van der Waals surface area contributed by atoms with E-state index in [1.807, 2.05) is 0 Å². The monoisotopic (exact) mass is 594 g/mol. The van der Waals surface area contributed by atoms with Crippen molar-refractivity contribution < 1.29 is 0 Å². The lowest BCUT2D eigenvalue weighted by atomic mass is 9.84. The van der Waals surface area contributed by atoms with Crippen LogP contribution in [0, 0.1) is 6.92 Å². The molecular weight excluding hydrogens is 554 g/mol. The van der Waals surface area contributed by atoms with Gasteiger partial charge in [-0.15, -0.1) is 0 Å². The standard InChI is InChI=1S/C41H40P2/c1-29-13-5-11-21-38(29)42-27-33-25-23-31-16-6-8-19-36(31)40(33)41-34(26-24-32-17-7-9-20-37(32)41)28-43-39-22-12-10-18-35(39)30-14-3-2-4-15-30/h5-13,16-26,30,42-43H,2-4,14-15,27-28H2,1H3. The van der Waals surface area contributed by atoms with Crippen LogP contribution in [-0.2, 0) is 12.3 Å². The molecule has 2 heteroatoms. The fraction of sp³-hybridized carbons (Fsp3) is 0.220. The summed E-state index contributed by atoms with van der Waals surface area (Å²) < 4.78 is 0. The second kappa shape index (κ2) is 13.1. The summed E-state index contributed by atoms with van der Waals surface area (Å²) in [5.41, 5.74) is 8.84. The SMILES string of the molecule is Cc1ccccc1PCc1ccc2ccccc2c1-c1c(CPc2ccccc2C2CCCCC2)ccc2ccccc12. The predicted molar refractivity (Wildman–Crippen MR) is 194 cm³/mol. The fourth-order valence-electron chi connectivity index (χ4n) is 7.10. The third kappa shape index (κ3) is 6.07. The lowest BCUT2D eigenvalue weighted by molar-refractivity contribution is 0.445. The van der Waals surface area contributed by atoms with E-state index in [2.05, 4.69) is 128 Å². The topological polar surface area (TPSA) is 0 Å². The van der Waals surface area contributed by atoms with Crippen molar-refractivity contribution in [1.29, 1.82) is 0 Å². The van der Waals surface area contributed by atoms with E-state index in [-0.39, 0.29) is 0 Å². The Bertz CT molecular complexity index is 1880. The molecule has 0 spiro atoms. The molecule has 0 aromatic heterocycles. The number of benzene rings is 6. The van der Waals surface area contributed by atoms with Gasteiger partial charge in [-0.1, -0.05) is 158 Å². The molecule has 0 N–H and O–H groups in total. The van der Waals surface area contributed by atoms with Gasteiger partial charge in [-0.05, 0) is 104 Å². The molecule has 6 aromatic rings. The van der Waals surface area contributed by atoms with Crippen molar-refractivity contribution in [2.45, 2.75) is 57.3 Å². The van der Waals surface area contributed by atoms with E-state index in [4.69, 9.17) is 0 Å². The quantitative estimate of drug-likeness (QED) is 0.154.